The summed E-state index contributed by atoms with van der Waals surface area (Å²) in [5.74, 6) is -1.31. The first kappa shape index (κ1) is 116. The molecule has 0 spiro atoms. The number of nitrogens with two attached hydrogens (primary N) is 4. The minimum atomic E-state index is -4.54. The third-order valence-electron chi connectivity index (χ3n) is 28.6. The topological polar surface area (TPSA) is 387 Å². The van der Waals surface area contributed by atoms with Crippen molar-refractivity contribution in [3.05, 3.63) is 261 Å². The predicted octanol–water partition coefficient (Wildman–Crippen LogP) is 14.4. The molecular weight excluding hydrogens is 1930 g/mol. The molecule has 9 aliphatic rings. The highest BCUT2D eigenvalue weighted by Crippen LogP contribution is 2.46. The van der Waals surface area contributed by atoms with Crippen LogP contribution in [0.25, 0.3) is 0 Å². The Morgan fingerprint density at radius 3 is 0.844 bits per heavy atom. The van der Waals surface area contributed by atoms with Crippen LogP contribution in [-0.4, -0.2) is 215 Å². The molecule has 40 heteroatoms. The predicted molar refractivity (Wildman–Crippen MR) is 534 cm³/mol. The number of likely N-dealkylation sites (tertiary alicyclic amines) is 4. The molecule has 4 saturated heterocycles. The number of nitrogens with zero attached hydrogens (tertiary/aromatic N) is 4. The zero-order valence-electron chi connectivity index (χ0n) is 79.1. The number of alkyl halides is 12. The van der Waals surface area contributed by atoms with Crippen molar-refractivity contribution >= 4 is 47.3 Å². The van der Waals surface area contributed by atoms with Crippen molar-refractivity contribution in [3.8, 4) is 23.0 Å². The van der Waals surface area contributed by atoms with Gasteiger partial charge >= 0.3 is 24.7 Å². The fourth-order valence-corrected chi connectivity index (χ4v) is 20.0. The lowest BCUT2D eigenvalue weighted by atomic mass is 9.74. The van der Waals surface area contributed by atoms with Crippen molar-refractivity contribution in [2.45, 2.75) is 228 Å². The van der Waals surface area contributed by atoms with Crippen molar-refractivity contribution in [3.63, 3.8) is 0 Å². The number of ether oxygens (including phenoxy) is 4. The van der Waals surface area contributed by atoms with Crippen molar-refractivity contribution in [1.29, 1.82) is 0 Å². The maximum absolute atomic E-state index is 12.8. The summed E-state index contributed by atoms with van der Waals surface area (Å²) in [5.41, 5.74) is 25.7. The maximum atomic E-state index is 12.8. The Morgan fingerprint density at radius 2 is 0.558 bits per heavy atom. The minimum Gasteiger partial charge on any atom is -0.497 e. The normalized spacial score (nSPS) is 22.7. The van der Waals surface area contributed by atoms with Crippen LogP contribution in [-0.2, 0) is 66.0 Å². The molecule has 4 aliphatic carbocycles. The summed E-state index contributed by atoms with van der Waals surface area (Å²) in [7, 11) is 3.28. The van der Waals surface area contributed by atoms with Gasteiger partial charge in [0.05, 0.1) is 86.8 Å². The van der Waals surface area contributed by atoms with E-state index in [2.05, 4.69) is 74.3 Å². The maximum Gasteiger partial charge on any atom is 0.416 e. The van der Waals surface area contributed by atoms with Gasteiger partial charge in [0, 0.05) is 121 Å². The number of carbonyl (C=O) groups is 8. The molecule has 8 aromatic carbocycles. The lowest BCUT2D eigenvalue weighted by Crippen LogP contribution is -2.63. The second-order valence-corrected chi connectivity index (χ2v) is 38.4. The molecule has 800 valence electrons. The molecule has 8 aromatic rings. The summed E-state index contributed by atoms with van der Waals surface area (Å²) in [6, 6.07) is 49.9. The summed E-state index contributed by atoms with van der Waals surface area (Å²) in [5, 5.41) is 21.0. The molecule has 17 rings (SSSR count). The van der Waals surface area contributed by atoms with Gasteiger partial charge in [-0.25, -0.2) is 0 Å². The molecule has 147 heavy (non-hydrogen) atoms. The summed E-state index contributed by atoms with van der Waals surface area (Å²) in [6.07, 6.45) is -3.43. The Kier molecular flexibility index (Phi) is 39.6. The average Bonchev–Trinajstić information content (AvgIpc) is 1.76. The van der Waals surface area contributed by atoms with Gasteiger partial charge in [-0.05, 0) is 234 Å². The summed E-state index contributed by atoms with van der Waals surface area (Å²) in [6.45, 7) is 4.80. The molecule has 0 atom stereocenters. The lowest BCUT2D eigenvalue weighted by Gasteiger charge is -2.48. The van der Waals surface area contributed by atoms with Gasteiger partial charge in [0.2, 0.25) is 30.4 Å². The smallest absolute Gasteiger partial charge is 0.416 e. The third kappa shape index (κ3) is 30.7. The van der Waals surface area contributed by atoms with Crippen molar-refractivity contribution in [2.24, 2.45) is 22.9 Å². The first-order valence-electron chi connectivity index (χ1n) is 47.7. The quantitative estimate of drug-likeness (QED) is 0.0224. The molecule has 0 aromatic heterocycles. The number of halogens is 12. The van der Waals surface area contributed by atoms with Crippen LogP contribution in [0, 0.1) is 0 Å². The van der Waals surface area contributed by atoms with Gasteiger partial charge < -0.3 is 84.4 Å². The molecular formula is C107H136F12N16O12. The van der Waals surface area contributed by atoms with Crippen LogP contribution in [0.1, 0.15) is 218 Å². The van der Waals surface area contributed by atoms with E-state index in [1.54, 1.807) is 14.2 Å². The number of benzene rings is 8. The molecule has 8 amide bonds. The summed E-state index contributed by atoms with van der Waals surface area (Å²) < 4.78 is 175. The van der Waals surface area contributed by atoms with Gasteiger partial charge in [-0.1, -0.05) is 115 Å². The van der Waals surface area contributed by atoms with Gasteiger partial charge in [-0.3, -0.25) is 58.0 Å². The van der Waals surface area contributed by atoms with Crippen molar-refractivity contribution in [2.75, 3.05) is 99.5 Å². The van der Waals surface area contributed by atoms with E-state index in [0.717, 1.165) is 235 Å². The Morgan fingerprint density at radius 1 is 0.306 bits per heavy atom. The average molecular weight is 2070 g/mol. The second kappa shape index (κ2) is 50.0. The molecule has 0 unspecified atom stereocenters. The van der Waals surface area contributed by atoms with Crippen molar-refractivity contribution in [1.82, 2.24) is 62.1 Å². The van der Waals surface area contributed by atoms with Crippen LogP contribution in [0.5, 0.6) is 23.0 Å². The van der Waals surface area contributed by atoms with Crippen LogP contribution < -0.4 is 84.4 Å². The molecule has 5 aliphatic heterocycles. The fourth-order valence-electron chi connectivity index (χ4n) is 20.0. The van der Waals surface area contributed by atoms with Crippen LogP contribution in [0.3, 0.4) is 0 Å². The SMILES string of the molecule is C.C.C.C.COc1ccc(C2(N)CCC(N3CC(NC(=O)CNC(=O)c4cccc(C(F)(F)F)c4)C3)CC2)cc1.COc1cccc(C2(N)CCC(N3CC(NC(=O)CNC(=O)c4cccc(C(F)(F)F)c4)C3)CC2)c1.NC1(c2ccc3c(c2)OCO3)CCC(N2CC(NC(=O)CNC(=O)c3cccc(C(F)(F)F)c3)C2)CC1.NC1(c2ccccc2)CCC(N2CC(NC(=O)CNC(=O)c3cccc(C(F)(F)F)c3)C2)CC1. The summed E-state index contributed by atoms with van der Waals surface area (Å²) in [4.78, 5) is 107. The number of methoxy groups -OCH3 is 2. The first-order chi connectivity index (χ1) is 67.9. The van der Waals surface area contributed by atoms with Crippen LogP contribution >= 0.6 is 0 Å². The van der Waals surface area contributed by atoms with E-state index in [-0.39, 0.29) is 149 Å². The molecule has 0 radical (unpaired) electrons. The number of hydrogen-bond acceptors (Lipinski definition) is 20. The van der Waals surface area contributed by atoms with Crippen LogP contribution in [0.4, 0.5) is 52.7 Å². The van der Waals surface area contributed by atoms with Crippen molar-refractivity contribution < 1.29 is 110 Å². The van der Waals surface area contributed by atoms with E-state index in [1.165, 1.54) is 35.9 Å². The Labute approximate surface area is 849 Å². The number of carbonyl (C=O) groups excluding carboxylic acids is 8. The molecule has 16 N–H and O–H groups in total. The first-order valence-corrected chi connectivity index (χ1v) is 47.7. The van der Waals surface area contributed by atoms with Gasteiger partial charge in [-0.2, -0.15) is 52.7 Å². The Balaban J connectivity index is 0.000000199. The second-order valence-electron chi connectivity index (χ2n) is 38.4. The Hall–Kier alpha value is -12.4. The van der Waals surface area contributed by atoms with E-state index in [9.17, 15) is 91.0 Å². The highest BCUT2D eigenvalue weighted by molar-refractivity contribution is 5.99. The van der Waals surface area contributed by atoms with Gasteiger partial charge in [0.15, 0.2) is 11.5 Å². The highest BCUT2D eigenvalue weighted by Gasteiger charge is 2.46. The van der Waals surface area contributed by atoms with Gasteiger partial charge in [-0.15, -0.1) is 0 Å². The third-order valence-corrected chi connectivity index (χ3v) is 28.6. The molecule has 4 saturated carbocycles. The van der Waals surface area contributed by atoms with E-state index in [0.29, 0.717) is 50.3 Å². The monoisotopic (exact) mass is 2070 g/mol. The largest absolute Gasteiger partial charge is 0.497 e. The van der Waals surface area contributed by atoms with E-state index >= 15 is 0 Å². The highest BCUT2D eigenvalue weighted by atomic mass is 19.4. The molecule has 0 bridgehead atoms. The molecule has 8 fully saturated rings. The zero-order valence-corrected chi connectivity index (χ0v) is 79.1. The number of rotatable bonds is 26. The summed E-state index contributed by atoms with van der Waals surface area (Å²) >= 11 is 0. The zero-order chi connectivity index (χ0) is 102. The van der Waals surface area contributed by atoms with E-state index < -0.39 is 76.1 Å². The van der Waals surface area contributed by atoms with Crippen LogP contribution in [0.15, 0.2) is 194 Å². The minimum absolute atomic E-state index is 0. The lowest BCUT2D eigenvalue weighted by molar-refractivity contribution is -0.138. The number of amides is 8. The van der Waals surface area contributed by atoms with Gasteiger partial charge in [0.1, 0.15) is 11.5 Å². The standard InChI is InChI=1S/C26H29F3N4O4.2C26H31F3N4O3.C25H29F3N4O2.4CH4/c27-26(28,29)18-3-1-2-16(10-18)24(35)31-12-23(34)32-19-13-33(14-19)20-6-8-25(30,9-7-20)17-4-5-21-22(11-17)37-15-36-21;1-36-22-7-3-5-18(13-22)25(30)10-8-21(9-11-25)33-15-20(16-33)32-23(34)14-31-24(35)17-4-2-6-19(12-17)26(27,28)29;1-36-22-7-5-18(6-8-22)25(30)11-9-21(10-12-25)33-15-20(16-33)32-23(34)14-31-24(35)17-3-2-4-19(13-17)26(27,28)29;26-25(27,28)19-8-4-5-17(13-19)23(34)30-14-22(33)31-20-15-32(16-20)21-9-11-24(29,12-10-21)18-6-2-1-3-7-18;;;;/h1-5,10-11,19-20H,6-9,12-15,30H2,(H,31,35)(H,32,34);2-7,12-13,20-21H,8-11,14-16,30H2,1H3,(H,31,35)(H,32,34);2-8,13,20-21H,9-12,14-16,30H2,1H3,(H,31,35)(H,32,34);1-8,13,20-21H,9-12,14-16,29H2,(H,30,34)(H,31,33);4*1H4. The molecule has 5 heterocycles. The fraction of sp³-hybridized carbons (Fsp3) is 0.477. The Bertz CT molecular complexity index is 5750. The van der Waals surface area contributed by atoms with Gasteiger partial charge in [0.25, 0.3) is 23.6 Å². The number of fused-ring (bicyclic) bond motifs is 1. The molecule has 28 nitrogen and oxygen atoms in total. The van der Waals surface area contributed by atoms with E-state index in [4.69, 9.17) is 41.9 Å². The van der Waals surface area contributed by atoms with E-state index in [1.807, 2.05) is 84.9 Å². The number of nitrogens with one attached hydrogen (secondary N) is 8. The number of hydrogen-bond donors (Lipinski definition) is 12. The van der Waals surface area contributed by atoms with Crippen LogP contribution in [0.2, 0.25) is 0 Å².